The summed E-state index contributed by atoms with van der Waals surface area (Å²) in [5, 5.41) is 0. The van der Waals surface area contributed by atoms with E-state index in [1.54, 1.807) is 0 Å². The second-order valence-electron chi connectivity index (χ2n) is 4.46. The van der Waals surface area contributed by atoms with Crippen molar-refractivity contribution in [1.82, 2.24) is 0 Å². The average Bonchev–Trinajstić information content (AvgIpc) is 2.80. The van der Waals surface area contributed by atoms with E-state index < -0.39 is 23.6 Å². The maximum Gasteiger partial charge on any atom is 0.339 e. The number of benzene rings is 1. The van der Waals surface area contributed by atoms with Gasteiger partial charge in [0.15, 0.2) is 0 Å². The molecule has 2 amide bonds. The number of amides is 2. The molecule has 0 radical (unpaired) electrons. The lowest BCUT2D eigenvalue weighted by Gasteiger charge is -2.19. The standard InChI is InChI=1S/C13H13FN2O4/c1-20-13(19)9-3-2-8(14)5-10(9)16-6-7(12(15)18)4-11(16)17/h2-3,5,7H,4,6H2,1H3,(H2,15,18). The summed E-state index contributed by atoms with van der Waals surface area (Å²) in [6.45, 7) is 0.0294. The van der Waals surface area contributed by atoms with E-state index in [1.165, 1.54) is 18.1 Å². The highest BCUT2D eigenvalue weighted by Gasteiger charge is 2.35. The number of esters is 1. The van der Waals surface area contributed by atoms with E-state index in [-0.39, 0.29) is 30.1 Å². The van der Waals surface area contributed by atoms with Crippen LogP contribution in [0.3, 0.4) is 0 Å². The van der Waals surface area contributed by atoms with Gasteiger partial charge in [-0.1, -0.05) is 0 Å². The van der Waals surface area contributed by atoms with Crippen LogP contribution in [0.4, 0.5) is 10.1 Å². The van der Waals surface area contributed by atoms with Crippen molar-refractivity contribution in [3.05, 3.63) is 29.6 Å². The van der Waals surface area contributed by atoms with Crippen LogP contribution in [0, 0.1) is 11.7 Å². The number of carbonyl (C=O) groups excluding carboxylic acids is 3. The molecule has 1 heterocycles. The number of methoxy groups -OCH3 is 1. The van der Waals surface area contributed by atoms with Crippen LogP contribution < -0.4 is 10.6 Å². The fraction of sp³-hybridized carbons (Fsp3) is 0.308. The fourth-order valence-corrected chi connectivity index (χ4v) is 2.14. The zero-order chi connectivity index (χ0) is 14.9. The van der Waals surface area contributed by atoms with Gasteiger partial charge in [-0.3, -0.25) is 9.59 Å². The number of hydrogen-bond acceptors (Lipinski definition) is 4. The number of rotatable bonds is 3. The molecule has 1 aromatic rings. The maximum absolute atomic E-state index is 13.4. The molecular formula is C13H13FN2O4. The summed E-state index contributed by atoms with van der Waals surface area (Å²) < 4.78 is 18.0. The van der Waals surface area contributed by atoms with Crippen LogP contribution in [0.5, 0.6) is 0 Å². The average molecular weight is 280 g/mol. The van der Waals surface area contributed by atoms with Crippen molar-refractivity contribution < 1.29 is 23.5 Å². The van der Waals surface area contributed by atoms with E-state index in [0.29, 0.717) is 0 Å². The highest BCUT2D eigenvalue weighted by molar-refractivity contribution is 6.05. The minimum absolute atomic E-state index is 0.0294. The van der Waals surface area contributed by atoms with Crippen molar-refractivity contribution in [2.45, 2.75) is 6.42 Å². The monoisotopic (exact) mass is 280 g/mol. The topological polar surface area (TPSA) is 89.7 Å². The normalized spacial score (nSPS) is 18.2. The van der Waals surface area contributed by atoms with Crippen molar-refractivity contribution in [3.63, 3.8) is 0 Å². The van der Waals surface area contributed by atoms with Gasteiger partial charge in [-0.2, -0.15) is 0 Å². The first-order valence-electron chi connectivity index (χ1n) is 5.91. The number of halogens is 1. The molecule has 0 aromatic heterocycles. The Kier molecular flexibility index (Phi) is 3.69. The largest absolute Gasteiger partial charge is 0.465 e. The second kappa shape index (κ2) is 5.28. The SMILES string of the molecule is COC(=O)c1ccc(F)cc1N1CC(C(N)=O)CC1=O. The van der Waals surface area contributed by atoms with Gasteiger partial charge in [0.1, 0.15) is 5.82 Å². The van der Waals surface area contributed by atoms with Gasteiger partial charge in [-0.15, -0.1) is 0 Å². The third kappa shape index (κ3) is 2.47. The van der Waals surface area contributed by atoms with Crippen molar-refractivity contribution in [3.8, 4) is 0 Å². The van der Waals surface area contributed by atoms with E-state index in [4.69, 9.17) is 5.73 Å². The zero-order valence-corrected chi connectivity index (χ0v) is 10.8. The summed E-state index contributed by atoms with van der Waals surface area (Å²) in [6, 6.07) is 3.40. The van der Waals surface area contributed by atoms with Gasteiger partial charge in [-0.25, -0.2) is 9.18 Å². The van der Waals surface area contributed by atoms with E-state index in [1.807, 2.05) is 0 Å². The van der Waals surface area contributed by atoms with E-state index in [9.17, 15) is 18.8 Å². The van der Waals surface area contributed by atoms with E-state index in [0.717, 1.165) is 12.1 Å². The van der Waals surface area contributed by atoms with Gasteiger partial charge < -0.3 is 15.4 Å². The first-order chi connectivity index (χ1) is 9.43. The van der Waals surface area contributed by atoms with Crippen molar-refractivity contribution >= 4 is 23.5 Å². The molecule has 1 saturated heterocycles. The Labute approximate surface area is 114 Å². The first-order valence-corrected chi connectivity index (χ1v) is 5.91. The van der Waals surface area contributed by atoms with Gasteiger partial charge in [-0.05, 0) is 18.2 Å². The zero-order valence-electron chi connectivity index (χ0n) is 10.8. The number of anilines is 1. The molecule has 2 N–H and O–H groups in total. The van der Waals surface area contributed by atoms with Crippen LogP contribution in [0.25, 0.3) is 0 Å². The minimum Gasteiger partial charge on any atom is -0.465 e. The molecular weight excluding hydrogens is 267 g/mol. The molecule has 1 aliphatic rings. The summed E-state index contributed by atoms with van der Waals surface area (Å²) in [5.41, 5.74) is 5.32. The van der Waals surface area contributed by atoms with Crippen LogP contribution in [0.1, 0.15) is 16.8 Å². The molecule has 0 aliphatic carbocycles. The van der Waals surface area contributed by atoms with E-state index >= 15 is 0 Å². The Bertz CT molecular complexity index is 588. The van der Waals surface area contributed by atoms with Crippen molar-refractivity contribution in [2.24, 2.45) is 11.7 Å². The third-order valence-corrected chi connectivity index (χ3v) is 3.18. The molecule has 106 valence electrons. The quantitative estimate of drug-likeness (QED) is 0.814. The fourth-order valence-electron chi connectivity index (χ4n) is 2.14. The number of carbonyl (C=O) groups is 3. The molecule has 7 heteroatoms. The summed E-state index contributed by atoms with van der Waals surface area (Å²) in [6.07, 6.45) is -0.0491. The Morgan fingerprint density at radius 1 is 1.45 bits per heavy atom. The van der Waals surface area contributed by atoms with Gasteiger partial charge in [0.05, 0.1) is 24.3 Å². The molecule has 1 fully saturated rings. The third-order valence-electron chi connectivity index (χ3n) is 3.18. The minimum atomic E-state index is -0.685. The van der Waals surface area contributed by atoms with Gasteiger partial charge in [0.2, 0.25) is 11.8 Å². The Morgan fingerprint density at radius 3 is 2.70 bits per heavy atom. The predicted molar refractivity (Wildman–Crippen MR) is 67.4 cm³/mol. The Morgan fingerprint density at radius 2 is 2.15 bits per heavy atom. The number of primary amides is 1. The molecule has 2 rings (SSSR count). The molecule has 1 aromatic carbocycles. The molecule has 1 unspecified atom stereocenters. The van der Waals surface area contributed by atoms with Crippen molar-refractivity contribution in [1.29, 1.82) is 0 Å². The van der Waals surface area contributed by atoms with Crippen LogP contribution in [0.15, 0.2) is 18.2 Å². The number of ether oxygens (including phenoxy) is 1. The first kappa shape index (κ1) is 14.0. The maximum atomic E-state index is 13.4. The lowest BCUT2D eigenvalue weighted by molar-refractivity contribution is -0.123. The number of hydrogen-bond donors (Lipinski definition) is 1. The van der Waals surface area contributed by atoms with Crippen LogP contribution in [0.2, 0.25) is 0 Å². The predicted octanol–water partition coefficient (Wildman–Crippen LogP) is 0.450. The van der Waals surface area contributed by atoms with Crippen LogP contribution >= 0.6 is 0 Å². The molecule has 0 spiro atoms. The smallest absolute Gasteiger partial charge is 0.339 e. The Hall–Kier alpha value is -2.44. The van der Waals surface area contributed by atoms with Gasteiger partial charge in [0.25, 0.3) is 0 Å². The highest BCUT2D eigenvalue weighted by Crippen LogP contribution is 2.29. The lowest BCUT2D eigenvalue weighted by Crippen LogP contribution is -2.29. The number of nitrogens with zero attached hydrogens (tertiary/aromatic N) is 1. The van der Waals surface area contributed by atoms with Gasteiger partial charge >= 0.3 is 5.97 Å². The molecule has 0 saturated carbocycles. The molecule has 20 heavy (non-hydrogen) atoms. The second-order valence-corrected chi connectivity index (χ2v) is 4.46. The van der Waals surface area contributed by atoms with Gasteiger partial charge in [0, 0.05) is 13.0 Å². The summed E-state index contributed by atoms with van der Waals surface area (Å²) in [4.78, 5) is 35.9. The molecule has 1 aliphatic heterocycles. The lowest BCUT2D eigenvalue weighted by atomic mass is 10.1. The number of nitrogens with two attached hydrogens (primary N) is 1. The van der Waals surface area contributed by atoms with E-state index in [2.05, 4.69) is 4.74 Å². The van der Waals surface area contributed by atoms with Crippen LogP contribution in [-0.4, -0.2) is 31.4 Å². The highest BCUT2D eigenvalue weighted by atomic mass is 19.1. The molecule has 6 nitrogen and oxygen atoms in total. The molecule has 0 bridgehead atoms. The Balaban J connectivity index is 2.42. The summed E-state index contributed by atoms with van der Waals surface area (Å²) in [5.74, 6) is -2.91. The summed E-state index contributed by atoms with van der Waals surface area (Å²) >= 11 is 0. The summed E-state index contributed by atoms with van der Waals surface area (Å²) in [7, 11) is 1.19. The van der Waals surface area contributed by atoms with Crippen LogP contribution in [-0.2, 0) is 14.3 Å². The van der Waals surface area contributed by atoms with Crippen molar-refractivity contribution in [2.75, 3.05) is 18.6 Å². The molecule has 1 atom stereocenters.